The Labute approximate surface area is 131 Å². The summed E-state index contributed by atoms with van der Waals surface area (Å²) in [6.45, 7) is 0.313. The number of oxazole rings is 1. The molecule has 3 aromatic rings. The lowest BCUT2D eigenvalue weighted by molar-refractivity contribution is 0.397. The quantitative estimate of drug-likeness (QED) is 0.740. The summed E-state index contributed by atoms with van der Waals surface area (Å²) in [6.07, 6.45) is 0. The third-order valence-electron chi connectivity index (χ3n) is 3.45. The fraction of sp³-hybridized carbons (Fsp3) is 0.188. The Bertz CT molecular complexity index is 881. The van der Waals surface area contributed by atoms with Crippen LogP contribution in [-0.2, 0) is 6.54 Å². The summed E-state index contributed by atoms with van der Waals surface area (Å²) in [5.41, 5.74) is 1.96. The van der Waals surface area contributed by atoms with Gasteiger partial charge in [0, 0.05) is 16.7 Å². The Morgan fingerprint density at radius 3 is 2.68 bits per heavy atom. The van der Waals surface area contributed by atoms with Gasteiger partial charge in [0.2, 0.25) is 0 Å². The van der Waals surface area contributed by atoms with Crippen LogP contribution in [0.15, 0.2) is 45.6 Å². The largest absolute Gasteiger partial charge is 0.497 e. The highest BCUT2D eigenvalue weighted by Gasteiger charge is 2.13. The van der Waals surface area contributed by atoms with Gasteiger partial charge in [0.05, 0.1) is 26.3 Å². The monoisotopic (exact) mass is 319 g/mol. The average molecular weight is 320 g/mol. The van der Waals surface area contributed by atoms with Gasteiger partial charge in [0.25, 0.3) is 0 Å². The van der Waals surface area contributed by atoms with Crippen molar-refractivity contribution in [3.63, 3.8) is 0 Å². The fourth-order valence-corrected chi connectivity index (χ4v) is 2.53. The van der Waals surface area contributed by atoms with E-state index in [2.05, 4.69) is 0 Å². The molecule has 0 radical (unpaired) electrons. The molecule has 6 heteroatoms. The van der Waals surface area contributed by atoms with Gasteiger partial charge in [-0.25, -0.2) is 4.79 Å². The SMILES string of the molecule is COc1ccc(OC)c(Cn2c(=O)oc3cc(Cl)ccc32)c1. The Kier molecular flexibility index (Phi) is 3.81. The molecule has 0 saturated heterocycles. The fourth-order valence-electron chi connectivity index (χ4n) is 2.37. The molecule has 0 saturated carbocycles. The van der Waals surface area contributed by atoms with Crippen molar-refractivity contribution in [2.24, 2.45) is 0 Å². The van der Waals surface area contributed by atoms with E-state index in [1.165, 1.54) is 4.57 Å². The summed E-state index contributed by atoms with van der Waals surface area (Å²) in [5, 5.41) is 0.521. The van der Waals surface area contributed by atoms with Crippen LogP contribution in [0.1, 0.15) is 5.56 Å². The molecule has 0 aliphatic rings. The third kappa shape index (κ3) is 2.55. The summed E-state index contributed by atoms with van der Waals surface area (Å²) >= 11 is 5.92. The van der Waals surface area contributed by atoms with E-state index in [0.29, 0.717) is 34.2 Å². The van der Waals surface area contributed by atoms with E-state index < -0.39 is 5.76 Å². The number of ether oxygens (including phenoxy) is 2. The minimum Gasteiger partial charge on any atom is -0.497 e. The zero-order chi connectivity index (χ0) is 15.7. The number of methoxy groups -OCH3 is 2. The van der Waals surface area contributed by atoms with E-state index in [0.717, 1.165) is 5.56 Å². The van der Waals surface area contributed by atoms with E-state index >= 15 is 0 Å². The van der Waals surface area contributed by atoms with Crippen molar-refractivity contribution in [3.8, 4) is 11.5 Å². The highest BCUT2D eigenvalue weighted by atomic mass is 35.5. The van der Waals surface area contributed by atoms with Crippen LogP contribution in [0.2, 0.25) is 5.02 Å². The number of rotatable bonds is 4. The zero-order valence-electron chi connectivity index (χ0n) is 12.1. The smallest absolute Gasteiger partial charge is 0.420 e. The first kappa shape index (κ1) is 14.5. The zero-order valence-corrected chi connectivity index (χ0v) is 12.9. The van der Waals surface area contributed by atoms with Crippen LogP contribution in [0.3, 0.4) is 0 Å². The molecule has 1 heterocycles. The predicted octanol–water partition coefficient (Wildman–Crippen LogP) is 3.31. The van der Waals surface area contributed by atoms with Gasteiger partial charge < -0.3 is 13.9 Å². The molecule has 114 valence electrons. The number of aromatic nitrogens is 1. The van der Waals surface area contributed by atoms with Crippen molar-refractivity contribution < 1.29 is 13.9 Å². The maximum Gasteiger partial charge on any atom is 0.420 e. The molecule has 0 atom stereocenters. The van der Waals surface area contributed by atoms with Crippen molar-refractivity contribution in [3.05, 3.63) is 57.5 Å². The minimum absolute atomic E-state index is 0.313. The molecule has 0 aliphatic heterocycles. The number of hydrogen-bond acceptors (Lipinski definition) is 4. The number of halogens is 1. The summed E-state index contributed by atoms with van der Waals surface area (Å²) in [5.74, 6) is 0.929. The topological polar surface area (TPSA) is 53.6 Å². The molecule has 3 rings (SSSR count). The first-order valence-corrected chi connectivity index (χ1v) is 7.00. The minimum atomic E-state index is -0.442. The number of nitrogens with zero attached hydrogens (tertiary/aromatic N) is 1. The van der Waals surface area contributed by atoms with Gasteiger partial charge in [-0.3, -0.25) is 4.57 Å². The summed E-state index contributed by atoms with van der Waals surface area (Å²) in [6, 6.07) is 10.5. The van der Waals surface area contributed by atoms with E-state index in [1.807, 2.05) is 6.07 Å². The Morgan fingerprint density at radius 2 is 1.95 bits per heavy atom. The molecule has 0 N–H and O–H groups in total. The van der Waals surface area contributed by atoms with Crippen molar-refractivity contribution >= 4 is 22.7 Å². The van der Waals surface area contributed by atoms with Crippen LogP contribution in [-0.4, -0.2) is 18.8 Å². The van der Waals surface area contributed by atoms with Crippen molar-refractivity contribution in [1.82, 2.24) is 4.57 Å². The van der Waals surface area contributed by atoms with Crippen LogP contribution >= 0.6 is 11.6 Å². The Morgan fingerprint density at radius 1 is 1.14 bits per heavy atom. The molecule has 5 nitrogen and oxygen atoms in total. The van der Waals surface area contributed by atoms with Crippen LogP contribution in [0, 0.1) is 0 Å². The van der Waals surface area contributed by atoms with Crippen LogP contribution < -0.4 is 15.2 Å². The Hall–Kier alpha value is -2.40. The average Bonchev–Trinajstić information content (AvgIpc) is 2.82. The number of benzene rings is 2. The number of fused-ring (bicyclic) bond motifs is 1. The lowest BCUT2D eigenvalue weighted by Crippen LogP contribution is -2.15. The second-order valence-corrected chi connectivity index (χ2v) is 5.18. The molecular weight excluding hydrogens is 306 g/mol. The highest BCUT2D eigenvalue weighted by Crippen LogP contribution is 2.26. The predicted molar refractivity (Wildman–Crippen MR) is 84.1 cm³/mol. The molecule has 0 unspecified atom stereocenters. The van der Waals surface area contributed by atoms with Crippen molar-refractivity contribution in [1.29, 1.82) is 0 Å². The van der Waals surface area contributed by atoms with Crippen LogP contribution in [0.25, 0.3) is 11.1 Å². The molecule has 2 aromatic carbocycles. The van der Waals surface area contributed by atoms with E-state index in [9.17, 15) is 4.79 Å². The molecule has 1 aromatic heterocycles. The summed E-state index contributed by atoms with van der Waals surface area (Å²) in [7, 11) is 3.17. The van der Waals surface area contributed by atoms with Gasteiger partial charge in [-0.15, -0.1) is 0 Å². The lowest BCUT2D eigenvalue weighted by atomic mass is 10.2. The molecular formula is C16H14ClNO4. The van der Waals surface area contributed by atoms with Crippen molar-refractivity contribution in [2.45, 2.75) is 6.54 Å². The highest BCUT2D eigenvalue weighted by molar-refractivity contribution is 6.31. The van der Waals surface area contributed by atoms with Gasteiger partial charge in [-0.05, 0) is 30.3 Å². The molecule has 0 spiro atoms. The Balaban J connectivity index is 2.10. The van der Waals surface area contributed by atoms with Gasteiger partial charge in [-0.1, -0.05) is 11.6 Å². The molecule has 0 bridgehead atoms. The van der Waals surface area contributed by atoms with Gasteiger partial charge in [0.15, 0.2) is 5.58 Å². The molecule has 0 amide bonds. The summed E-state index contributed by atoms with van der Waals surface area (Å²) < 4.78 is 17.3. The maximum atomic E-state index is 12.1. The van der Waals surface area contributed by atoms with Gasteiger partial charge in [0.1, 0.15) is 11.5 Å². The van der Waals surface area contributed by atoms with Gasteiger partial charge in [-0.2, -0.15) is 0 Å². The van der Waals surface area contributed by atoms with Crippen LogP contribution in [0.4, 0.5) is 0 Å². The standard InChI is InChI=1S/C16H14ClNO4/c1-20-12-4-6-14(21-2)10(7-12)9-18-13-5-3-11(17)8-15(13)22-16(18)19/h3-8H,9H2,1-2H3. The first-order chi connectivity index (χ1) is 10.6. The van der Waals surface area contributed by atoms with E-state index in [-0.39, 0.29) is 0 Å². The second kappa shape index (κ2) is 5.77. The second-order valence-electron chi connectivity index (χ2n) is 4.74. The van der Waals surface area contributed by atoms with E-state index in [1.54, 1.807) is 44.6 Å². The molecule has 22 heavy (non-hydrogen) atoms. The molecule has 0 fully saturated rings. The molecule has 0 aliphatic carbocycles. The van der Waals surface area contributed by atoms with E-state index in [4.69, 9.17) is 25.5 Å². The van der Waals surface area contributed by atoms with Crippen molar-refractivity contribution in [2.75, 3.05) is 14.2 Å². The lowest BCUT2D eigenvalue weighted by Gasteiger charge is -2.10. The summed E-state index contributed by atoms with van der Waals surface area (Å²) in [4.78, 5) is 12.1. The normalized spacial score (nSPS) is 10.9. The van der Waals surface area contributed by atoms with Crippen LogP contribution in [0.5, 0.6) is 11.5 Å². The van der Waals surface area contributed by atoms with Gasteiger partial charge >= 0.3 is 5.76 Å². The number of hydrogen-bond donors (Lipinski definition) is 0. The first-order valence-electron chi connectivity index (χ1n) is 6.62. The third-order valence-corrected chi connectivity index (χ3v) is 3.68. The maximum absolute atomic E-state index is 12.1.